The second-order valence-corrected chi connectivity index (χ2v) is 6.86. The number of carbonyl (C=O) groups is 1. The molecular formula is C15H25N5OS. The first-order valence-electron chi connectivity index (χ1n) is 8.20. The Morgan fingerprint density at radius 3 is 2.68 bits per heavy atom. The van der Waals surface area contributed by atoms with Crippen LogP contribution in [-0.2, 0) is 13.0 Å². The first kappa shape index (κ1) is 15.6. The summed E-state index contributed by atoms with van der Waals surface area (Å²) in [5, 5.41) is 4.02. The molecule has 0 unspecified atom stereocenters. The van der Waals surface area contributed by atoms with Crippen LogP contribution >= 0.6 is 11.3 Å². The van der Waals surface area contributed by atoms with Gasteiger partial charge in [0, 0.05) is 50.6 Å². The number of aromatic nitrogens is 1. The summed E-state index contributed by atoms with van der Waals surface area (Å²) in [4.78, 5) is 24.8. The molecule has 1 aromatic rings. The summed E-state index contributed by atoms with van der Waals surface area (Å²) < 4.78 is 0. The van der Waals surface area contributed by atoms with Gasteiger partial charge in [-0.25, -0.2) is 9.78 Å². The molecular weight excluding hydrogens is 298 g/mol. The van der Waals surface area contributed by atoms with Crippen molar-refractivity contribution in [2.45, 2.75) is 26.8 Å². The first-order chi connectivity index (χ1) is 10.7. The molecule has 2 aliphatic rings. The Bertz CT molecular complexity index is 524. The molecule has 122 valence electrons. The number of likely N-dealkylation sites (N-methyl/N-ethyl adjacent to an activating group) is 1. The number of nitrogens with zero attached hydrogens (tertiary/aromatic N) is 4. The van der Waals surface area contributed by atoms with E-state index in [4.69, 9.17) is 4.98 Å². The third kappa shape index (κ3) is 3.20. The van der Waals surface area contributed by atoms with Gasteiger partial charge < -0.3 is 20.0 Å². The maximum Gasteiger partial charge on any atom is 0.317 e. The maximum absolute atomic E-state index is 12.0. The van der Waals surface area contributed by atoms with Crippen molar-refractivity contribution < 1.29 is 4.79 Å². The van der Waals surface area contributed by atoms with E-state index in [-0.39, 0.29) is 6.03 Å². The van der Waals surface area contributed by atoms with E-state index in [2.05, 4.69) is 22.0 Å². The van der Waals surface area contributed by atoms with Crippen LogP contribution in [0.3, 0.4) is 0 Å². The van der Waals surface area contributed by atoms with Crippen molar-refractivity contribution >= 4 is 22.5 Å². The molecule has 1 saturated heterocycles. The molecule has 0 spiro atoms. The van der Waals surface area contributed by atoms with Gasteiger partial charge in [-0.15, -0.1) is 0 Å². The molecule has 1 fully saturated rings. The Hall–Kier alpha value is -1.34. The molecule has 22 heavy (non-hydrogen) atoms. The minimum Gasteiger partial charge on any atom is -0.346 e. The lowest BCUT2D eigenvalue weighted by atomic mass is 10.2. The fourth-order valence-corrected chi connectivity index (χ4v) is 4.18. The van der Waals surface area contributed by atoms with E-state index >= 15 is 0 Å². The number of amides is 2. The highest BCUT2D eigenvalue weighted by molar-refractivity contribution is 7.15. The zero-order valence-corrected chi connectivity index (χ0v) is 14.3. The monoisotopic (exact) mass is 323 g/mol. The molecule has 2 amide bonds. The summed E-state index contributed by atoms with van der Waals surface area (Å²) in [7, 11) is 0. The molecule has 0 radical (unpaired) electrons. The van der Waals surface area contributed by atoms with Crippen molar-refractivity contribution in [3.05, 3.63) is 10.6 Å². The average molecular weight is 323 g/mol. The topological polar surface area (TPSA) is 51.7 Å². The van der Waals surface area contributed by atoms with Crippen molar-refractivity contribution in [3.63, 3.8) is 0 Å². The van der Waals surface area contributed by atoms with Crippen molar-refractivity contribution in [3.8, 4) is 0 Å². The second-order valence-electron chi connectivity index (χ2n) is 5.79. The smallest absolute Gasteiger partial charge is 0.317 e. The van der Waals surface area contributed by atoms with Crippen molar-refractivity contribution in [1.29, 1.82) is 0 Å². The number of hydrogen-bond acceptors (Lipinski definition) is 5. The van der Waals surface area contributed by atoms with Gasteiger partial charge in [0.25, 0.3) is 0 Å². The summed E-state index contributed by atoms with van der Waals surface area (Å²) >= 11 is 1.76. The molecule has 6 nitrogen and oxygen atoms in total. The summed E-state index contributed by atoms with van der Waals surface area (Å²) in [6.07, 6.45) is 0.873. The van der Waals surface area contributed by atoms with Gasteiger partial charge in [0.2, 0.25) is 0 Å². The number of carbonyl (C=O) groups excluding carboxylic acids is 1. The average Bonchev–Trinajstić information content (AvgIpc) is 2.98. The molecule has 0 aromatic carbocycles. The largest absolute Gasteiger partial charge is 0.346 e. The normalized spacial score (nSPS) is 19.2. The Labute approximate surface area is 136 Å². The lowest BCUT2D eigenvalue weighted by Crippen LogP contribution is -2.46. The molecule has 0 saturated carbocycles. The fraction of sp³-hybridized carbons (Fsp3) is 0.733. The zero-order chi connectivity index (χ0) is 15.5. The number of anilines is 1. The van der Waals surface area contributed by atoms with E-state index in [9.17, 15) is 4.79 Å². The Morgan fingerprint density at radius 2 is 2.00 bits per heavy atom. The minimum absolute atomic E-state index is 0.0414. The van der Waals surface area contributed by atoms with E-state index in [1.165, 1.54) is 10.6 Å². The van der Waals surface area contributed by atoms with E-state index in [1.54, 1.807) is 11.3 Å². The lowest BCUT2D eigenvalue weighted by molar-refractivity contribution is 0.193. The van der Waals surface area contributed by atoms with Gasteiger partial charge >= 0.3 is 6.03 Å². The molecule has 0 bridgehead atoms. The lowest BCUT2D eigenvalue weighted by Gasteiger charge is -2.33. The molecule has 0 atom stereocenters. The minimum atomic E-state index is 0.0414. The number of thiazole rings is 1. The van der Waals surface area contributed by atoms with Crippen LogP contribution in [0.5, 0.6) is 0 Å². The molecule has 7 heteroatoms. The van der Waals surface area contributed by atoms with Crippen LogP contribution in [0.15, 0.2) is 0 Å². The van der Waals surface area contributed by atoms with Crippen LogP contribution in [-0.4, -0.2) is 66.6 Å². The van der Waals surface area contributed by atoms with E-state index in [1.807, 2.05) is 11.8 Å². The fourth-order valence-electron chi connectivity index (χ4n) is 3.01. The van der Waals surface area contributed by atoms with Crippen molar-refractivity contribution in [2.24, 2.45) is 0 Å². The Morgan fingerprint density at radius 1 is 1.23 bits per heavy atom. The summed E-state index contributed by atoms with van der Waals surface area (Å²) in [5.74, 6) is 0. The van der Waals surface area contributed by atoms with Crippen LogP contribution in [0.2, 0.25) is 0 Å². The molecule has 1 N–H and O–H groups in total. The predicted molar refractivity (Wildman–Crippen MR) is 89.6 cm³/mol. The van der Waals surface area contributed by atoms with Crippen LogP contribution in [0, 0.1) is 0 Å². The van der Waals surface area contributed by atoms with Gasteiger partial charge in [0.05, 0.1) is 12.2 Å². The third-order valence-electron chi connectivity index (χ3n) is 4.43. The van der Waals surface area contributed by atoms with Crippen molar-refractivity contribution in [2.75, 3.05) is 50.7 Å². The highest BCUT2D eigenvalue weighted by Gasteiger charge is 2.26. The van der Waals surface area contributed by atoms with Gasteiger partial charge in [0.15, 0.2) is 5.13 Å². The highest BCUT2D eigenvalue weighted by Crippen LogP contribution is 2.31. The number of urea groups is 1. The maximum atomic E-state index is 12.0. The van der Waals surface area contributed by atoms with Crippen LogP contribution in [0.1, 0.15) is 24.4 Å². The van der Waals surface area contributed by atoms with Gasteiger partial charge in [-0.05, 0) is 13.5 Å². The predicted octanol–water partition coefficient (Wildman–Crippen LogP) is 1.37. The summed E-state index contributed by atoms with van der Waals surface area (Å²) in [6, 6.07) is 0.0414. The van der Waals surface area contributed by atoms with Crippen LogP contribution in [0.25, 0.3) is 0 Å². The SMILES string of the molecule is CCNC(=O)N1CCc2nc(N3CCN(CC)CC3)sc2C1. The molecule has 3 rings (SSSR count). The van der Waals surface area contributed by atoms with Gasteiger partial charge in [-0.3, -0.25) is 0 Å². The van der Waals surface area contributed by atoms with Gasteiger partial charge in [-0.2, -0.15) is 0 Å². The number of piperazine rings is 1. The molecule has 0 aliphatic carbocycles. The zero-order valence-electron chi connectivity index (χ0n) is 13.5. The Kier molecular flexibility index (Phi) is 4.83. The van der Waals surface area contributed by atoms with Gasteiger partial charge in [0.1, 0.15) is 0 Å². The number of hydrogen-bond donors (Lipinski definition) is 1. The summed E-state index contributed by atoms with van der Waals surface area (Å²) in [5.41, 5.74) is 1.19. The molecule has 3 heterocycles. The number of fused-ring (bicyclic) bond motifs is 1. The van der Waals surface area contributed by atoms with E-state index < -0.39 is 0 Å². The number of rotatable bonds is 3. The van der Waals surface area contributed by atoms with Crippen molar-refractivity contribution in [1.82, 2.24) is 20.1 Å². The van der Waals surface area contributed by atoms with Crippen LogP contribution in [0.4, 0.5) is 9.93 Å². The highest BCUT2D eigenvalue weighted by atomic mass is 32.1. The standard InChI is InChI=1S/C15H25N5OS/c1-3-16-14(21)20-6-5-12-13(11-20)22-15(17-12)19-9-7-18(4-2)8-10-19/h3-11H2,1-2H3,(H,16,21). The van der Waals surface area contributed by atoms with Gasteiger partial charge in [-0.1, -0.05) is 18.3 Å². The number of nitrogens with one attached hydrogen (secondary N) is 1. The molecule has 2 aliphatic heterocycles. The Balaban J connectivity index is 1.65. The third-order valence-corrected chi connectivity index (χ3v) is 5.57. The van der Waals surface area contributed by atoms with E-state index in [0.29, 0.717) is 13.1 Å². The summed E-state index contributed by atoms with van der Waals surface area (Å²) in [6.45, 7) is 11.8. The van der Waals surface area contributed by atoms with Crippen LogP contribution < -0.4 is 10.2 Å². The first-order valence-corrected chi connectivity index (χ1v) is 9.01. The molecule has 1 aromatic heterocycles. The quantitative estimate of drug-likeness (QED) is 0.913. The van der Waals surface area contributed by atoms with E-state index in [0.717, 1.165) is 50.8 Å². The second kappa shape index (κ2) is 6.83.